The molecule has 24 heteroatoms. The smallest absolute Gasteiger partial charge is 0.330 e. The van der Waals surface area contributed by atoms with Crippen LogP contribution in [0.25, 0.3) is 12.2 Å². The minimum Gasteiger partial charge on any atom is -0.478 e. The summed E-state index contributed by atoms with van der Waals surface area (Å²) in [6.45, 7) is 5.32. The number of sulfonamides is 3. The van der Waals surface area contributed by atoms with Gasteiger partial charge in [-0.1, -0.05) is 167 Å². The molecule has 464 valence electrons. The van der Waals surface area contributed by atoms with Crippen molar-refractivity contribution in [3.8, 4) is 0 Å². The zero-order chi connectivity index (χ0) is 65.5. The van der Waals surface area contributed by atoms with Gasteiger partial charge >= 0.3 is 17.9 Å². The third-order valence-electron chi connectivity index (χ3n) is 11.6. The van der Waals surface area contributed by atoms with Crippen LogP contribution in [0.2, 0.25) is 0 Å². The lowest BCUT2D eigenvalue weighted by Gasteiger charge is -2.19. The van der Waals surface area contributed by atoms with Crippen molar-refractivity contribution in [3.05, 3.63) is 269 Å². The van der Waals surface area contributed by atoms with Crippen LogP contribution >= 0.6 is 42.5 Å². The van der Waals surface area contributed by atoms with Gasteiger partial charge in [0.1, 0.15) is 0 Å². The zero-order valence-corrected chi connectivity index (χ0v) is 55.6. The Balaban J connectivity index is 0.000000291. The number of methoxy groups -OCH3 is 2. The van der Waals surface area contributed by atoms with Gasteiger partial charge in [-0.25, -0.2) is 48.1 Å². The van der Waals surface area contributed by atoms with E-state index in [-0.39, 0.29) is 19.6 Å². The monoisotopic (exact) mass is 1420 g/mol. The Morgan fingerprint density at radius 2 is 0.784 bits per heavy atom. The average molecular weight is 1420 g/mol. The van der Waals surface area contributed by atoms with Gasteiger partial charge in [0, 0.05) is 59.0 Å². The number of aryl methyl sites for hydroxylation is 1. The molecule has 1 N–H and O–H groups in total. The van der Waals surface area contributed by atoms with Crippen LogP contribution in [-0.2, 0) is 69.4 Å². The van der Waals surface area contributed by atoms with Crippen molar-refractivity contribution in [2.75, 3.05) is 48.3 Å². The molecule has 0 aromatic heterocycles. The molecule has 8 aromatic carbocycles. The topological polar surface area (TPSA) is 236 Å². The Bertz CT molecular complexity index is 4080. The van der Waals surface area contributed by atoms with Gasteiger partial charge in [0.15, 0.2) is 0 Å². The maximum absolute atomic E-state index is 12.7. The Labute approximate surface area is 537 Å². The lowest BCUT2D eigenvalue weighted by atomic mass is 10.2. The molecular weight excluding hydrogens is 1360 g/mol. The minimum absolute atomic E-state index is 0.103. The van der Waals surface area contributed by atoms with Crippen molar-refractivity contribution in [1.29, 1.82) is 0 Å². The van der Waals surface area contributed by atoms with Crippen LogP contribution in [0.4, 0.5) is 17.1 Å². The van der Waals surface area contributed by atoms with E-state index in [1.807, 2.05) is 30.3 Å². The van der Waals surface area contributed by atoms with E-state index < -0.39 is 57.0 Å². The van der Waals surface area contributed by atoms with E-state index in [4.69, 9.17) is 15.8 Å². The SMILES string of the molecule is C=CC(=O)OC.CCc1ccccc1.CN(c1ccccc1)S(=O)(=O)c1cccc(/C=C/C(=O)O)c1.CN(c1ccccc1)S(=O)(=O)c1cccc(Br)c1.COC(=O)/C=C/c1cccc(S(=O)(=O)N(C)c2ccccc2)c1.O=S(=O)(Cl)c1cccc(Br)c1. The van der Waals surface area contributed by atoms with Crippen LogP contribution in [0.1, 0.15) is 23.6 Å². The van der Waals surface area contributed by atoms with E-state index >= 15 is 0 Å². The van der Waals surface area contributed by atoms with E-state index in [0.29, 0.717) is 32.7 Å². The number of carbonyl (C=O) groups excluding carboxylic acids is 2. The first-order chi connectivity index (χ1) is 41.6. The zero-order valence-electron chi connectivity index (χ0n) is 48.4. The number of ether oxygens (including phenoxy) is 2. The Hall–Kier alpha value is -8.16. The quantitative estimate of drug-likeness (QED) is 0.0538. The standard InChI is InChI=1S/C17H17NO4S.C16H15NO4S.C13H12BrNO2S.C8H10.C6H4BrClO2S.C4H6O2/c1-18(15-8-4-3-5-9-15)23(20,21)16-10-6-7-14(13-16)11-12-17(19)22-2;1-17(14-7-3-2-4-8-14)22(20,21)15-9-5-6-13(12-15)10-11-16(18)19;1-15(12-7-3-2-4-8-12)18(16,17)13-9-5-6-11(14)10-13;1-2-8-6-4-3-5-7-8;7-5-2-1-3-6(4-5)11(8,9)10;1-3-4(5)6-2/h3-13H,1-2H3;2-12H,1H3,(H,18,19);2-10H,1H3;3-7H,2H2,1H3;1-4H;3H,1H2,2H3/b12-11+;11-10+;;;;. The summed E-state index contributed by atoms with van der Waals surface area (Å²) >= 11 is 6.41. The third kappa shape index (κ3) is 24.9. The molecule has 0 heterocycles. The van der Waals surface area contributed by atoms with Crippen LogP contribution in [-0.4, -0.2) is 92.0 Å². The number of aliphatic carboxylic acids is 1. The second-order valence-electron chi connectivity index (χ2n) is 17.5. The molecule has 0 fully saturated rings. The van der Waals surface area contributed by atoms with E-state index in [1.54, 1.807) is 134 Å². The second kappa shape index (κ2) is 36.9. The van der Waals surface area contributed by atoms with Crippen molar-refractivity contribution in [2.45, 2.75) is 32.9 Å². The molecule has 0 aliphatic rings. The summed E-state index contributed by atoms with van der Waals surface area (Å²) in [4.78, 5) is 32.1. The molecule has 8 rings (SSSR count). The van der Waals surface area contributed by atoms with Crippen molar-refractivity contribution in [3.63, 3.8) is 0 Å². The predicted molar refractivity (Wildman–Crippen MR) is 356 cm³/mol. The van der Waals surface area contributed by atoms with Crippen molar-refractivity contribution < 1.29 is 62.6 Å². The molecule has 0 spiro atoms. The fraction of sp³-hybridized carbons (Fsp3) is 0.109. The van der Waals surface area contributed by atoms with Gasteiger partial charge in [0.25, 0.3) is 39.1 Å². The molecule has 0 saturated carbocycles. The fourth-order valence-corrected chi connectivity index (χ4v) is 12.4. The number of para-hydroxylation sites is 3. The predicted octanol–water partition coefficient (Wildman–Crippen LogP) is 13.6. The molecule has 0 atom stereocenters. The van der Waals surface area contributed by atoms with Gasteiger partial charge < -0.3 is 14.6 Å². The van der Waals surface area contributed by atoms with Crippen LogP contribution in [0, 0.1) is 0 Å². The van der Waals surface area contributed by atoms with Crippen LogP contribution in [0.5, 0.6) is 0 Å². The number of hydrogen-bond donors (Lipinski definition) is 1. The molecule has 0 radical (unpaired) electrons. The second-order valence-corrected chi connectivity index (χ2v) is 27.8. The maximum atomic E-state index is 12.7. The van der Waals surface area contributed by atoms with Gasteiger partial charge in [-0.15, -0.1) is 0 Å². The van der Waals surface area contributed by atoms with E-state index in [0.717, 1.165) is 23.0 Å². The van der Waals surface area contributed by atoms with Crippen molar-refractivity contribution in [1.82, 2.24) is 0 Å². The number of carboxylic acids is 1. The number of carbonyl (C=O) groups is 3. The summed E-state index contributed by atoms with van der Waals surface area (Å²) in [7, 11) is -2.27. The summed E-state index contributed by atoms with van der Waals surface area (Å²) < 4.78 is 111. The number of rotatable bonds is 16. The number of nitrogens with zero attached hydrogens (tertiary/aromatic N) is 3. The Kier molecular flexibility index (Phi) is 31.0. The lowest BCUT2D eigenvalue weighted by molar-refractivity contribution is -0.135. The van der Waals surface area contributed by atoms with Crippen LogP contribution in [0.15, 0.2) is 272 Å². The minimum atomic E-state index is -3.70. The third-order valence-corrected chi connectivity index (χ3v) is 19.3. The van der Waals surface area contributed by atoms with Crippen molar-refractivity contribution >= 4 is 129 Å². The lowest BCUT2D eigenvalue weighted by Crippen LogP contribution is -2.26. The fourth-order valence-electron chi connectivity index (χ4n) is 6.80. The maximum Gasteiger partial charge on any atom is 0.330 e. The van der Waals surface area contributed by atoms with Crippen molar-refractivity contribution in [2.24, 2.45) is 0 Å². The summed E-state index contributed by atoms with van der Waals surface area (Å²) in [6, 6.07) is 62.4. The summed E-state index contributed by atoms with van der Waals surface area (Å²) in [6.07, 6.45) is 7.32. The first-order valence-corrected chi connectivity index (χ1v) is 34.0. The van der Waals surface area contributed by atoms with Crippen LogP contribution < -0.4 is 12.9 Å². The highest BCUT2D eigenvalue weighted by atomic mass is 79.9. The first-order valence-electron chi connectivity index (χ1n) is 25.8. The Morgan fingerprint density at radius 3 is 1.07 bits per heavy atom. The summed E-state index contributed by atoms with van der Waals surface area (Å²) in [5, 5.41) is 8.63. The Morgan fingerprint density at radius 1 is 0.466 bits per heavy atom. The number of halogens is 3. The van der Waals surface area contributed by atoms with Gasteiger partial charge in [0.05, 0.1) is 50.9 Å². The van der Waals surface area contributed by atoms with E-state index in [2.05, 4.69) is 79.1 Å². The highest BCUT2D eigenvalue weighted by molar-refractivity contribution is 9.10. The normalized spacial score (nSPS) is 10.9. The number of hydrogen-bond acceptors (Lipinski definition) is 13. The van der Waals surface area contributed by atoms with E-state index in [9.17, 15) is 48.1 Å². The molecule has 0 unspecified atom stereocenters. The van der Waals surface area contributed by atoms with Gasteiger partial charge in [-0.3, -0.25) is 12.9 Å². The highest BCUT2D eigenvalue weighted by Crippen LogP contribution is 2.26. The number of benzene rings is 8. The average Bonchev–Trinajstić information content (AvgIpc) is 3.74. The highest BCUT2D eigenvalue weighted by Gasteiger charge is 2.23. The number of esters is 2. The van der Waals surface area contributed by atoms with Crippen LogP contribution in [0.3, 0.4) is 0 Å². The molecule has 0 aliphatic carbocycles. The molecule has 88 heavy (non-hydrogen) atoms. The number of anilines is 3. The largest absolute Gasteiger partial charge is 0.478 e. The van der Waals surface area contributed by atoms with Gasteiger partial charge in [-0.05, 0) is 132 Å². The molecule has 0 amide bonds. The molecular formula is C64H64Br2ClN3O14S4. The summed E-state index contributed by atoms with van der Waals surface area (Å²) in [5.74, 6) is -1.98. The first kappa shape index (κ1) is 74.1. The van der Waals surface area contributed by atoms with E-state index in [1.165, 1.54) is 101 Å². The molecule has 0 saturated heterocycles. The van der Waals surface area contributed by atoms with Gasteiger partial charge in [0.2, 0.25) is 0 Å². The summed E-state index contributed by atoms with van der Waals surface area (Å²) in [5.41, 5.74) is 4.27. The molecule has 17 nitrogen and oxygen atoms in total. The number of carboxylic acid groups (broad SMARTS) is 1. The molecule has 0 aliphatic heterocycles. The van der Waals surface area contributed by atoms with Gasteiger partial charge in [-0.2, -0.15) is 0 Å². The molecule has 0 bridgehead atoms. The molecule has 8 aromatic rings.